The van der Waals surface area contributed by atoms with Crippen LogP contribution in [0, 0.1) is 5.41 Å². The second-order valence-electron chi connectivity index (χ2n) is 8.85. The van der Waals surface area contributed by atoms with Crippen molar-refractivity contribution in [2.75, 3.05) is 11.9 Å². The lowest BCUT2D eigenvalue weighted by atomic mass is 9.80. The Morgan fingerprint density at radius 2 is 1.48 bits per heavy atom. The van der Waals surface area contributed by atoms with Gasteiger partial charge in [-0.3, -0.25) is 14.4 Å². The standard InChI is InChI=1S/C26H39Cl2NO4/c1-4-5-6-7-8-9-10-11-12-15-18-33-23(31)19-26(3,25(27)28)24(32)21-16-13-14-17-22(21)29-20(2)30/h13-14,16-17,25H,4-12,15,18-19H2,1-3H3,(H,29,30). The zero-order valence-corrected chi connectivity index (χ0v) is 21.8. The molecular formula is C26H39Cl2NO4. The van der Waals surface area contributed by atoms with E-state index in [4.69, 9.17) is 27.9 Å². The van der Waals surface area contributed by atoms with Crippen molar-refractivity contribution in [1.29, 1.82) is 0 Å². The summed E-state index contributed by atoms with van der Waals surface area (Å²) in [4.78, 5) is 36.1. The molecule has 1 aromatic rings. The molecule has 1 N–H and O–H groups in total. The van der Waals surface area contributed by atoms with E-state index < -0.39 is 22.0 Å². The van der Waals surface area contributed by atoms with Crippen molar-refractivity contribution in [3.63, 3.8) is 0 Å². The molecule has 0 aromatic heterocycles. The van der Waals surface area contributed by atoms with Gasteiger partial charge in [0.1, 0.15) is 4.84 Å². The molecule has 0 fully saturated rings. The Kier molecular flexibility index (Phi) is 14.4. The number of para-hydroxylation sites is 1. The van der Waals surface area contributed by atoms with Gasteiger partial charge >= 0.3 is 5.97 Å². The molecule has 1 rings (SSSR count). The number of carbonyl (C=O) groups excluding carboxylic acids is 3. The first kappa shape index (κ1) is 29.4. The molecule has 186 valence electrons. The maximum atomic E-state index is 13.3. The zero-order chi connectivity index (χ0) is 24.7. The van der Waals surface area contributed by atoms with E-state index >= 15 is 0 Å². The molecule has 0 bridgehead atoms. The second-order valence-corrected chi connectivity index (χ2v) is 9.95. The van der Waals surface area contributed by atoms with Crippen LogP contribution in [0.2, 0.25) is 0 Å². The number of nitrogens with one attached hydrogen (secondary N) is 1. The molecule has 0 heterocycles. The van der Waals surface area contributed by atoms with E-state index in [2.05, 4.69) is 12.2 Å². The Morgan fingerprint density at radius 3 is 2.03 bits per heavy atom. The number of benzene rings is 1. The highest BCUT2D eigenvalue weighted by Gasteiger charge is 2.43. The summed E-state index contributed by atoms with van der Waals surface area (Å²) < 4.78 is 5.36. The van der Waals surface area contributed by atoms with Crippen molar-refractivity contribution in [2.45, 2.75) is 96.2 Å². The number of hydrogen-bond acceptors (Lipinski definition) is 4. The highest BCUT2D eigenvalue weighted by molar-refractivity contribution is 6.46. The van der Waals surface area contributed by atoms with Gasteiger partial charge in [-0.1, -0.05) is 76.8 Å². The maximum Gasteiger partial charge on any atom is 0.306 e. The average Bonchev–Trinajstić information content (AvgIpc) is 2.76. The van der Waals surface area contributed by atoms with Gasteiger partial charge in [0.05, 0.1) is 24.1 Å². The maximum absolute atomic E-state index is 13.3. The van der Waals surface area contributed by atoms with Crippen LogP contribution in [0.5, 0.6) is 0 Å². The predicted octanol–water partition coefficient (Wildman–Crippen LogP) is 7.49. The Labute approximate surface area is 208 Å². The van der Waals surface area contributed by atoms with Crippen molar-refractivity contribution >= 4 is 46.5 Å². The lowest BCUT2D eigenvalue weighted by Gasteiger charge is -2.29. The molecule has 1 amide bonds. The van der Waals surface area contributed by atoms with Gasteiger partial charge < -0.3 is 10.1 Å². The third-order valence-electron chi connectivity index (χ3n) is 5.76. The molecule has 0 radical (unpaired) electrons. The van der Waals surface area contributed by atoms with Gasteiger partial charge in [-0.05, 0) is 25.5 Å². The summed E-state index contributed by atoms with van der Waals surface area (Å²) in [7, 11) is 0. The quantitative estimate of drug-likeness (QED) is 0.104. The summed E-state index contributed by atoms with van der Waals surface area (Å²) in [6.07, 6.45) is 11.7. The van der Waals surface area contributed by atoms with Gasteiger partial charge in [-0.2, -0.15) is 0 Å². The minimum absolute atomic E-state index is 0.240. The van der Waals surface area contributed by atoms with Crippen LogP contribution in [0.25, 0.3) is 0 Å². The molecule has 0 saturated heterocycles. The Morgan fingerprint density at radius 1 is 0.939 bits per heavy atom. The molecule has 5 nitrogen and oxygen atoms in total. The van der Waals surface area contributed by atoms with Crippen molar-refractivity contribution in [1.82, 2.24) is 0 Å². The van der Waals surface area contributed by atoms with Crippen LogP contribution >= 0.6 is 23.2 Å². The number of carbonyl (C=O) groups is 3. The number of esters is 1. The van der Waals surface area contributed by atoms with Crippen LogP contribution in [0.4, 0.5) is 5.69 Å². The van der Waals surface area contributed by atoms with Crippen molar-refractivity contribution < 1.29 is 19.1 Å². The van der Waals surface area contributed by atoms with Gasteiger partial charge in [0, 0.05) is 12.5 Å². The largest absolute Gasteiger partial charge is 0.466 e. The number of Topliss-reactive ketones (excluding diaryl/α,β-unsaturated/α-hetero) is 1. The fraction of sp³-hybridized carbons (Fsp3) is 0.654. The first-order valence-electron chi connectivity index (χ1n) is 12.1. The van der Waals surface area contributed by atoms with Crippen LogP contribution < -0.4 is 5.32 Å². The first-order chi connectivity index (χ1) is 15.7. The van der Waals surface area contributed by atoms with Gasteiger partial charge in [0.15, 0.2) is 5.78 Å². The monoisotopic (exact) mass is 499 g/mol. The lowest BCUT2D eigenvalue weighted by Crippen LogP contribution is -2.37. The first-order valence-corrected chi connectivity index (χ1v) is 12.9. The molecule has 1 unspecified atom stereocenters. The van der Waals surface area contributed by atoms with E-state index in [1.54, 1.807) is 31.2 Å². The van der Waals surface area contributed by atoms with E-state index in [0.717, 1.165) is 19.3 Å². The van der Waals surface area contributed by atoms with Crippen LogP contribution in [0.1, 0.15) is 102 Å². The number of rotatable bonds is 17. The molecule has 0 aliphatic carbocycles. The molecule has 0 aliphatic heterocycles. The number of hydrogen-bond donors (Lipinski definition) is 1. The number of amides is 1. The number of alkyl halides is 2. The average molecular weight is 501 g/mol. The fourth-order valence-corrected chi connectivity index (χ4v) is 4.02. The molecular weight excluding hydrogens is 461 g/mol. The number of ether oxygens (including phenoxy) is 1. The van der Waals surface area contributed by atoms with Gasteiger partial charge in [-0.25, -0.2) is 0 Å². The SMILES string of the molecule is CCCCCCCCCCCCOC(=O)CC(C)(C(=O)c1ccccc1NC(C)=O)C(Cl)Cl. The fourth-order valence-electron chi connectivity index (χ4n) is 3.67. The molecule has 0 aliphatic rings. The van der Waals surface area contributed by atoms with Crippen molar-refractivity contribution in [3.05, 3.63) is 29.8 Å². The molecule has 0 saturated carbocycles. The van der Waals surface area contributed by atoms with Crippen LogP contribution in [0.3, 0.4) is 0 Å². The lowest BCUT2D eigenvalue weighted by molar-refractivity contribution is -0.145. The van der Waals surface area contributed by atoms with E-state index in [1.807, 2.05) is 0 Å². The summed E-state index contributed by atoms with van der Waals surface area (Å²) >= 11 is 12.3. The van der Waals surface area contributed by atoms with Crippen LogP contribution in [-0.4, -0.2) is 29.1 Å². The zero-order valence-electron chi connectivity index (χ0n) is 20.3. The van der Waals surface area contributed by atoms with Gasteiger partial charge in [-0.15, -0.1) is 23.2 Å². The summed E-state index contributed by atoms with van der Waals surface area (Å²) in [5.74, 6) is -1.23. The molecule has 0 spiro atoms. The molecule has 33 heavy (non-hydrogen) atoms. The summed E-state index contributed by atoms with van der Waals surface area (Å²) in [6.45, 7) is 5.45. The van der Waals surface area contributed by atoms with Crippen LogP contribution in [-0.2, 0) is 14.3 Å². The van der Waals surface area contributed by atoms with E-state index in [9.17, 15) is 14.4 Å². The summed E-state index contributed by atoms with van der Waals surface area (Å²) in [5.41, 5.74) is -0.773. The molecule has 1 aromatic carbocycles. The smallest absolute Gasteiger partial charge is 0.306 e. The highest BCUT2D eigenvalue weighted by Crippen LogP contribution is 2.38. The number of ketones is 1. The topological polar surface area (TPSA) is 72.5 Å². The number of halogens is 2. The highest BCUT2D eigenvalue weighted by atomic mass is 35.5. The third-order valence-corrected chi connectivity index (χ3v) is 6.72. The number of unbranched alkanes of at least 4 members (excludes halogenated alkanes) is 9. The summed E-state index contributed by atoms with van der Waals surface area (Å²) in [5, 5.41) is 2.63. The normalized spacial score (nSPS) is 12.9. The van der Waals surface area contributed by atoms with Crippen LogP contribution in [0.15, 0.2) is 24.3 Å². The number of anilines is 1. The van der Waals surface area contributed by atoms with Gasteiger partial charge in [0.2, 0.25) is 5.91 Å². The van der Waals surface area contributed by atoms with Crippen molar-refractivity contribution in [3.8, 4) is 0 Å². The van der Waals surface area contributed by atoms with E-state index in [-0.39, 0.29) is 17.9 Å². The molecule has 1 atom stereocenters. The molecule has 7 heteroatoms. The van der Waals surface area contributed by atoms with E-state index in [0.29, 0.717) is 12.3 Å². The minimum atomic E-state index is -1.38. The Hall–Kier alpha value is -1.59. The summed E-state index contributed by atoms with van der Waals surface area (Å²) in [6, 6.07) is 6.59. The second kappa shape index (κ2) is 16.1. The van der Waals surface area contributed by atoms with Crippen molar-refractivity contribution in [2.24, 2.45) is 5.41 Å². The third kappa shape index (κ3) is 10.9. The Balaban J connectivity index is 2.49. The Bertz CT molecular complexity index is 754. The van der Waals surface area contributed by atoms with Gasteiger partial charge in [0.25, 0.3) is 0 Å². The van der Waals surface area contributed by atoms with E-state index in [1.165, 1.54) is 51.9 Å². The minimum Gasteiger partial charge on any atom is -0.466 e. The predicted molar refractivity (Wildman–Crippen MR) is 136 cm³/mol.